The summed E-state index contributed by atoms with van der Waals surface area (Å²) < 4.78 is 61.0. The second kappa shape index (κ2) is 8.01. The number of carbonyl (C=O) groups excluding carboxylic acids is 1. The molecule has 0 aromatic heterocycles. The fourth-order valence-corrected chi connectivity index (χ4v) is 2.12. The number of benzene rings is 1. The van der Waals surface area contributed by atoms with Crippen LogP contribution in [0, 0.1) is 17.1 Å². The van der Waals surface area contributed by atoms with E-state index in [1.54, 1.807) is 6.07 Å². The Balaban J connectivity index is 2.32. The Bertz CT molecular complexity index is 746. The van der Waals surface area contributed by atoms with Crippen molar-refractivity contribution in [3.63, 3.8) is 0 Å². The van der Waals surface area contributed by atoms with Gasteiger partial charge in [-0.05, 0) is 6.07 Å². The van der Waals surface area contributed by atoms with Crippen LogP contribution in [0.2, 0.25) is 0 Å². The van der Waals surface area contributed by atoms with Crippen molar-refractivity contribution in [1.82, 2.24) is 4.90 Å². The maximum atomic E-state index is 14.2. The Labute approximate surface area is 146 Å². The molecule has 1 aromatic carbocycles. The number of hydrogen-bond donors (Lipinski definition) is 0. The highest BCUT2D eigenvalue weighted by molar-refractivity contribution is 5.92. The van der Waals surface area contributed by atoms with E-state index in [1.807, 2.05) is 0 Å². The molecule has 1 fully saturated rings. The van der Waals surface area contributed by atoms with Crippen molar-refractivity contribution >= 4 is 17.9 Å². The Morgan fingerprint density at radius 2 is 2.23 bits per heavy atom. The molecule has 1 amide bonds. The zero-order chi connectivity index (χ0) is 19.3. The SMILES string of the molecule is CN(/N=C1/COCCN1C=O)c1cc(OCC(F)(F)F)c(C#N)cc1F. The first-order valence-electron chi connectivity index (χ1n) is 7.29. The van der Waals surface area contributed by atoms with Gasteiger partial charge < -0.3 is 9.47 Å². The lowest BCUT2D eigenvalue weighted by molar-refractivity contribution is -0.153. The quantitative estimate of drug-likeness (QED) is 0.447. The lowest BCUT2D eigenvalue weighted by Gasteiger charge is -2.26. The van der Waals surface area contributed by atoms with Gasteiger partial charge in [0, 0.05) is 13.1 Å². The molecule has 11 heteroatoms. The number of amidine groups is 1. The lowest BCUT2D eigenvalue weighted by atomic mass is 10.2. The van der Waals surface area contributed by atoms with Crippen molar-refractivity contribution < 1.29 is 31.8 Å². The molecule has 1 aromatic rings. The molecule has 0 spiro atoms. The van der Waals surface area contributed by atoms with Gasteiger partial charge in [-0.3, -0.25) is 14.7 Å². The highest BCUT2D eigenvalue weighted by atomic mass is 19.4. The summed E-state index contributed by atoms with van der Waals surface area (Å²) in [5, 5.41) is 14.0. The number of hydrogen-bond acceptors (Lipinski definition) is 6. The maximum Gasteiger partial charge on any atom is 0.422 e. The molecule has 7 nitrogen and oxygen atoms in total. The summed E-state index contributed by atoms with van der Waals surface area (Å²) in [6, 6.07) is 3.27. The third-order valence-electron chi connectivity index (χ3n) is 3.34. The average molecular weight is 374 g/mol. The van der Waals surface area contributed by atoms with E-state index in [4.69, 9.17) is 10.00 Å². The topological polar surface area (TPSA) is 78.2 Å². The average Bonchev–Trinajstić information content (AvgIpc) is 2.59. The van der Waals surface area contributed by atoms with Gasteiger partial charge in [-0.2, -0.15) is 23.5 Å². The van der Waals surface area contributed by atoms with Crippen molar-refractivity contribution in [2.75, 3.05) is 38.4 Å². The maximum absolute atomic E-state index is 14.2. The number of halogens is 4. The number of morpholine rings is 1. The fourth-order valence-electron chi connectivity index (χ4n) is 2.12. The van der Waals surface area contributed by atoms with Crippen LogP contribution in [0.5, 0.6) is 5.75 Å². The predicted molar refractivity (Wildman–Crippen MR) is 82.1 cm³/mol. The predicted octanol–water partition coefficient (Wildman–Crippen LogP) is 1.88. The normalized spacial score (nSPS) is 16.3. The molecular weight excluding hydrogens is 360 g/mol. The molecule has 1 aliphatic heterocycles. The molecule has 0 saturated carbocycles. The number of ether oxygens (including phenoxy) is 2. The zero-order valence-electron chi connectivity index (χ0n) is 13.6. The van der Waals surface area contributed by atoms with Gasteiger partial charge in [0.15, 0.2) is 12.4 Å². The van der Waals surface area contributed by atoms with Crippen LogP contribution in [0.25, 0.3) is 0 Å². The number of hydrazone groups is 1. The van der Waals surface area contributed by atoms with E-state index in [9.17, 15) is 22.4 Å². The molecular formula is C15H14F4N4O3. The van der Waals surface area contributed by atoms with E-state index in [0.29, 0.717) is 13.0 Å². The molecule has 0 bridgehead atoms. The van der Waals surface area contributed by atoms with E-state index in [-0.39, 0.29) is 30.2 Å². The number of alkyl halides is 3. The number of nitriles is 1. The van der Waals surface area contributed by atoms with Gasteiger partial charge in [0.2, 0.25) is 6.41 Å². The molecule has 1 saturated heterocycles. The minimum absolute atomic E-state index is 0.0123. The third-order valence-corrected chi connectivity index (χ3v) is 3.34. The van der Waals surface area contributed by atoms with Crippen LogP contribution in [-0.2, 0) is 9.53 Å². The summed E-state index contributed by atoms with van der Waals surface area (Å²) in [6.45, 7) is -1.02. The molecule has 0 N–H and O–H groups in total. The van der Waals surface area contributed by atoms with E-state index < -0.39 is 24.3 Å². The Kier molecular flexibility index (Phi) is 5.99. The van der Waals surface area contributed by atoms with Crippen LogP contribution >= 0.6 is 0 Å². The van der Waals surface area contributed by atoms with Gasteiger partial charge in [-0.25, -0.2) is 4.39 Å². The van der Waals surface area contributed by atoms with Crippen LogP contribution in [0.1, 0.15) is 5.56 Å². The second-order valence-corrected chi connectivity index (χ2v) is 5.21. The first-order valence-corrected chi connectivity index (χ1v) is 7.29. The first kappa shape index (κ1) is 19.5. The van der Waals surface area contributed by atoms with Gasteiger partial charge in [-0.15, -0.1) is 0 Å². The third kappa shape index (κ3) is 4.82. The largest absolute Gasteiger partial charge is 0.483 e. The van der Waals surface area contributed by atoms with Crippen LogP contribution < -0.4 is 9.75 Å². The molecule has 26 heavy (non-hydrogen) atoms. The van der Waals surface area contributed by atoms with Crippen molar-refractivity contribution in [1.29, 1.82) is 5.26 Å². The van der Waals surface area contributed by atoms with Crippen molar-refractivity contribution in [2.24, 2.45) is 5.10 Å². The first-order chi connectivity index (χ1) is 12.2. The monoisotopic (exact) mass is 374 g/mol. The van der Waals surface area contributed by atoms with Crippen molar-refractivity contribution in [3.8, 4) is 11.8 Å². The number of nitrogens with zero attached hydrogens (tertiary/aromatic N) is 4. The second-order valence-electron chi connectivity index (χ2n) is 5.21. The van der Waals surface area contributed by atoms with Crippen LogP contribution in [0.3, 0.4) is 0 Å². The lowest BCUT2D eigenvalue weighted by Crippen LogP contribution is -2.42. The number of carbonyl (C=O) groups is 1. The van der Waals surface area contributed by atoms with E-state index in [0.717, 1.165) is 17.1 Å². The molecule has 0 radical (unpaired) electrons. The van der Waals surface area contributed by atoms with Crippen LogP contribution in [0.15, 0.2) is 17.2 Å². The Morgan fingerprint density at radius 3 is 2.85 bits per heavy atom. The van der Waals surface area contributed by atoms with Gasteiger partial charge >= 0.3 is 6.18 Å². The highest BCUT2D eigenvalue weighted by Gasteiger charge is 2.29. The Hall–Kier alpha value is -2.87. The van der Waals surface area contributed by atoms with E-state index in [1.165, 1.54) is 11.9 Å². The molecule has 0 atom stereocenters. The van der Waals surface area contributed by atoms with E-state index >= 15 is 0 Å². The molecule has 2 rings (SSSR count). The van der Waals surface area contributed by atoms with Gasteiger partial charge in [0.1, 0.15) is 24.2 Å². The molecule has 0 unspecified atom stereocenters. The van der Waals surface area contributed by atoms with Gasteiger partial charge in [0.05, 0.1) is 24.4 Å². The van der Waals surface area contributed by atoms with Crippen LogP contribution in [0.4, 0.5) is 23.2 Å². The zero-order valence-corrected chi connectivity index (χ0v) is 13.6. The smallest absolute Gasteiger partial charge is 0.422 e. The van der Waals surface area contributed by atoms with Crippen LogP contribution in [-0.4, -0.2) is 56.7 Å². The van der Waals surface area contributed by atoms with Gasteiger partial charge in [-0.1, -0.05) is 0 Å². The summed E-state index contributed by atoms with van der Waals surface area (Å²) in [4.78, 5) is 12.3. The minimum atomic E-state index is -4.61. The number of amides is 1. The summed E-state index contributed by atoms with van der Waals surface area (Å²) >= 11 is 0. The van der Waals surface area contributed by atoms with E-state index in [2.05, 4.69) is 9.84 Å². The molecule has 0 aliphatic carbocycles. The molecule has 140 valence electrons. The molecule has 1 aliphatic rings. The summed E-state index contributed by atoms with van der Waals surface area (Å²) in [7, 11) is 1.34. The number of rotatable bonds is 5. The van der Waals surface area contributed by atoms with Gasteiger partial charge in [0.25, 0.3) is 0 Å². The summed E-state index contributed by atoms with van der Waals surface area (Å²) in [5.41, 5.74) is -0.614. The number of anilines is 1. The Morgan fingerprint density at radius 1 is 1.50 bits per heavy atom. The van der Waals surface area contributed by atoms with Crippen molar-refractivity contribution in [3.05, 3.63) is 23.5 Å². The highest BCUT2D eigenvalue weighted by Crippen LogP contribution is 2.30. The summed E-state index contributed by atoms with van der Waals surface area (Å²) in [6.07, 6.45) is -4.07. The minimum Gasteiger partial charge on any atom is -0.483 e. The summed E-state index contributed by atoms with van der Waals surface area (Å²) in [5.74, 6) is -1.11. The molecule has 1 heterocycles. The standard InChI is InChI=1S/C15H14F4N4O3/c1-22(21-14-7-25-3-2-23(14)9-24)12-5-13(26-8-15(17,18)19)10(6-20)4-11(12)16/h4-5,9H,2-3,7-8H2,1H3/b21-14-. The fraction of sp³-hybridized carbons (Fsp3) is 0.400. The van der Waals surface area contributed by atoms with Crippen molar-refractivity contribution in [2.45, 2.75) is 6.18 Å².